The number of carbonyl (C=O) groups excluding carboxylic acids is 2. The van der Waals surface area contributed by atoms with Crippen molar-refractivity contribution in [2.45, 2.75) is 32.6 Å². The van der Waals surface area contributed by atoms with Gasteiger partial charge in [0.2, 0.25) is 11.8 Å². The van der Waals surface area contributed by atoms with Crippen LogP contribution in [0.15, 0.2) is 24.5 Å². The molecular formula is C14H21N3O2. The number of carbonyl (C=O) groups is 2. The molecule has 0 spiro atoms. The highest BCUT2D eigenvalue weighted by Crippen LogP contribution is 2.02. The first-order chi connectivity index (χ1) is 9.18. The molecule has 0 unspecified atom stereocenters. The molecular weight excluding hydrogens is 242 g/mol. The smallest absolute Gasteiger partial charge is 0.220 e. The molecule has 5 nitrogen and oxygen atoms in total. The Labute approximate surface area is 113 Å². The average molecular weight is 263 g/mol. The molecule has 0 atom stereocenters. The van der Waals surface area contributed by atoms with Crippen molar-refractivity contribution in [3.8, 4) is 0 Å². The number of nitrogens with zero attached hydrogens (tertiary/aromatic N) is 1. The Bertz CT molecular complexity index is 393. The number of hydrogen-bond donors (Lipinski definition) is 2. The van der Waals surface area contributed by atoms with E-state index >= 15 is 0 Å². The van der Waals surface area contributed by atoms with Crippen molar-refractivity contribution in [3.63, 3.8) is 0 Å². The van der Waals surface area contributed by atoms with Gasteiger partial charge in [0.1, 0.15) is 0 Å². The number of amides is 2. The van der Waals surface area contributed by atoms with Crippen molar-refractivity contribution >= 4 is 11.8 Å². The van der Waals surface area contributed by atoms with Gasteiger partial charge in [-0.15, -0.1) is 0 Å². The van der Waals surface area contributed by atoms with Crippen LogP contribution in [0.2, 0.25) is 0 Å². The van der Waals surface area contributed by atoms with E-state index in [2.05, 4.69) is 15.6 Å². The summed E-state index contributed by atoms with van der Waals surface area (Å²) in [6.45, 7) is 2.69. The van der Waals surface area contributed by atoms with Gasteiger partial charge in [0, 0.05) is 38.8 Å². The zero-order valence-electron chi connectivity index (χ0n) is 11.3. The number of hydrogen-bond acceptors (Lipinski definition) is 3. The van der Waals surface area contributed by atoms with Gasteiger partial charge in [-0.2, -0.15) is 0 Å². The Balaban J connectivity index is 2.01. The van der Waals surface area contributed by atoms with Crippen LogP contribution in [0.25, 0.3) is 0 Å². The minimum atomic E-state index is -0.0391. The van der Waals surface area contributed by atoms with Crippen LogP contribution in [-0.4, -0.2) is 29.9 Å². The van der Waals surface area contributed by atoms with E-state index in [1.54, 1.807) is 6.20 Å². The molecule has 0 aliphatic carbocycles. The van der Waals surface area contributed by atoms with E-state index in [0.717, 1.165) is 24.8 Å². The molecule has 19 heavy (non-hydrogen) atoms. The summed E-state index contributed by atoms with van der Waals surface area (Å²) in [5.41, 5.74) is 1.15. The Hall–Kier alpha value is -1.91. The molecule has 1 rings (SSSR count). The molecule has 0 saturated carbocycles. The van der Waals surface area contributed by atoms with Gasteiger partial charge in [-0.1, -0.05) is 6.07 Å². The van der Waals surface area contributed by atoms with E-state index in [4.69, 9.17) is 0 Å². The van der Waals surface area contributed by atoms with Gasteiger partial charge in [-0.25, -0.2) is 0 Å². The fourth-order valence-electron chi connectivity index (χ4n) is 1.67. The summed E-state index contributed by atoms with van der Waals surface area (Å²) in [5.74, 6) is 0.0227. The fourth-order valence-corrected chi connectivity index (χ4v) is 1.67. The van der Waals surface area contributed by atoms with Crippen molar-refractivity contribution in [2.24, 2.45) is 0 Å². The lowest BCUT2D eigenvalue weighted by Crippen LogP contribution is -2.28. The number of pyridine rings is 1. The number of aryl methyl sites for hydroxylation is 1. The van der Waals surface area contributed by atoms with Crippen molar-refractivity contribution < 1.29 is 9.59 Å². The second kappa shape index (κ2) is 9.08. The van der Waals surface area contributed by atoms with Crippen molar-refractivity contribution in [3.05, 3.63) is 30.1 Å². The summed E-state index contributed by atoms with van der Waals surface area (Å²) in [6.07, 6.45) is 6.54. The van der Waals surface area contributed by atoms with Crippen LogP contribution in [0.3, 0.4) is 0 Å². The number of aromatic nitrogens is 1. The molecule has 2 N–H and O–H groups in total. The average Bonchev–Trinajstić information content (AvgIpc) is 2.39. The molecule has 5 heteroatoms. The molecule has 0 fully saturated rings. The van der Waals surface area contributed by atoms with E-state index in [-0.39, 0.29) is 11.8 Å². The molecule has 2 amide bonds. The molecule has 0 aromatic carbocycles. The third kappa shape index (κ3) is 7.91. The third-order valence-corrected chi connectivity index (χ3v) is 2.64. The lowest BCUT2D eigenvalue weighted by molar-refractivity contribution is -0.121. The number of nitrogens with one attached hydrogen (secondary N) is 2. The maximum Gasteiger partial charge on any atom is 0.220 e. The maximum absolute atomic E-state index is 11.5. The SMILES string of the molecule is CC(=O)NCCCNC(=O)CCCc1cccnc1. The fraction of sp³-hybridized carbons (Fsp3) is 0.500. The van der Waals surface area contributed by atoms with Crippen LogP contribution in [0.5, 0.6) is 0 Å². The molecule has 0 radical (unpaired) electrons. The first-order valence-corrected chi connectivity index (χ1v) is 6.58. The first-order valence-electron chi connectivity index (χ1n) is 6.58. The second-order valence-corrected chi connectivity index (χ2v) is 4.40. The highest BCUT2D eigenvalue weighted by Gasteiger charge is 2.01. The molecule has 1 aromatic rings. The van der Waals surface area contributed by atoms with Crippen molar-refractivity contribution in [1.29, 1.82) is 0 Å². The standard InChI is InChI=1S/C14H21N3O2/c1-12(18)16-9-4-10-17-14(19)7-2-5-13-6-3-8-15-11-13/h3,6,8,11H,2,4-5,7,9-10H2,1H3,(H,16,18)(H,17,19). The van der Waals surface area contributed by atoms with Gasteiger partial charge in [0.25, 0.3) is 0 Å². The molecule has 1 heterocycles. The minimum Gasteiger partial charge on any atom is -0.356 e. The van der Waals surface area contributed by atoms with Crippen molar-refractivity contribution in [1.82, 2.24) is 15.6 Å². The predicted octanol–water partition coefficient (Wildman–Crippen LogP) is 1.05. The lowest BCUT2D eigenvalue weighted by Gasteiger charge is -2.05. The Morgan fingerprint density at radius 1 is 1.21 bits per heavy atom. The zero-order valence-corrected chi connectivity index (χ0v) is 11.3. The quantitative estimate of drug-likeness (QED) is 0.689. The highest BCUT2D eigenvalue weighted by atomic mass is 16.2. The van der Waals surface area contributed by atoms with Gasteiger partial charge in [-0.3, -0.25) is 14.6 Å². The summed E-state index contributed by atoms with van der Waals surface area (Å²) in [4.78, 5) is 26.2. The Morgan fingerprint density at radius 2 is 2.00 bits per heavy atom. The summed E-state index contributed by atoms with van der Waals surface area (Å²) < 4.78 is 0. The summed E-state index contributed by atoms with van der Waals surface area (Å²) >= 11 is 0. The van der Waals surface area contributed by atoms with E-state index in [9.17, 15) is 9.59 Å². The topological polar surface area (TPSA) is 71.1 Å². The Kier molecular flexibility index (Phi) is 7.24. The van der Waals surface area contributed by atoms with E-state index < -0.39 is 0 Å². The highest BCUT2D eigenvalue weighted by molar-refractivity contribution is 5.75. The van der Waals surface area contributed by atoms with E-state index in [1.165, 1.54) is 6.92 Å². The molecule has 1 aromatic heterocycles. The van der Waals surface area contributed by atoms with Gasteiger partial charge < -0.3 is 10.6 Å². The predicted molar refractivity (Wildman–Crippen MR) is 73.5 cm³/mol. The van der Waals surface area contributed by atoms with E-state index in [0.29, 0.717) is 19.5 Å². The van der Waals surface area contributed by atoms with Crippen LogP contribution < -0.4 is 10.6 Å². The summed E-state index contributed by atoms with van der Waals surface area (Å²) in [5, 5.41) is 5.52. The van der Waals surface area contributed by atoms with Crippen molar-refractivity contribution in [2.75, 3.05) is 13.1 Å². The molecule has 0 bridgehead atoms. The zero-order chi connectivity index (χ0) is 13.9. The minimum absolute atomic E-state index is 0.0391. The van der Waals surface area contributed by atoms with Crippen LogP contribution in [0.1, 0.15) is 31.7 Å². The van der Waals surface area contributed by atoms with Gasteiger partial charge in [0.05, 0.1) is 0 Å². The van der Waals surface area contributed by atoms with Crippen LogP contribution in [-0.2, 0) is 16.0 Å². The molecule has 0 saturated heterocycles. The second-order valence-electron chi connectivity index (χ2n) is 4.40. The van der Waals surface area contributed by atoms with E-state index in [1.807, 2.05) is 18.3 Å². The summed E-state index contributed by atoms with van der Waals surface area (Å²) in [6, 6.07) is 3.91. The van der Waals surface area contributed by atoms with Crippen LogP contribution in [0, 0.1) is 0 Å². The third-order valence-electron chi connectivity index (χ3n) is 2.64. The van der Waals surface area contributed by atoms with Gasteiger partial charge >= 0.3 is 0 Å². The Morgan fingerprint density at radius 3 is 2.68 bits per heavy atom. The molecule has 0 aliphatic rings. The summed E-state index contributed by atoms with van der Waals surface area (Å²) in [7, 11) is 0. The largest absolute Gasteiger partial charge is 0.356 e. The normalized spacial score (nSPS) is 9.95. The molecule has 104 valence electrons. The monoisotopic (exact) mass is 263 g/mol. The lowest BCUT2D eigenvalue weighted by atomic mass is 10.1. The molecule has 0 aliphatic heterocycles. The van der Waals surface area contributed by atoms with Gasteiger partial charge in [0.15, 0.2) is 0 Å². The maximum atomic E-state index is 11.5. The van der Waals surface area contributed by atoms with Gasteiger partial charge in [-0.05, 0) is 30.9 Å². The first kappa shape index (κ1) is 15.1. The van der Waals surface area contributed by atoms with Crippen LogP contribution >= 0.6 is 0 Å². The number of rotatable bonds is 8. The van der Waals surface area contributed by atoms with Crippen LogP contribution in [0.4, 0.5) is 0 Å².